The van der Waals surface area contributed by atoms with Gasteiger partial charge in [0.05, 0.1) is 10.5 Å². The molecule has 0 aromatic carbocycles. The fourth-order valence-corrected chi connectivity index (χ4v) is 4.11. The van der Waals surface area contributed by atoms with Crippen LogP contribution in [0.3, 0.4) is 0 Å². The summed E-state index contributed by atoms with van der Waals surface area (Å²) in [6, 6.07) is 5.22. The van der Waals surface area contributed by atoms with Crippen LogP contribution in [0, 0.1) is 26.9 Å². The Labute approximate surface area is 142 Å². The second-order valence-corrected chi connectivity index (χ2v) is 7.75. The molecule has 0 bridgehead atoms. The lowest BCUT2D eigenvalue weighted by molar-refractivity contribution is -0.433. The van der Waals surface area contributed by atoms with Crippen LogP contribution >= 0.6 is 11.3 Å². The predicted octanol–water partition coefficient (Wildman–Crippen LogP) is 2.78. The normalized spacial score (nSPS) is 22.7. The van der Waals surface area contributed by atoms with Crippen molar-refractivity contribution in [2.24, 2.45) is 11.1 Å². The fourth-order valence-electron chi connectivity index (χ4n) is 3.20. The van der Waals surface area contributed by atoms with Gasteiger partial charge in [-0.1, -0.05) is 13.8 Å². The molecule has 0 unspecified atom stereocenters. The number of nitriles is 1. The Morgan fingerprint density at radius 2 is 2.17 bits per heavy atom. The van der Waals surface area contributed by atoms with Gasteiger partial charge in [0.1, 0.15) is 22.6 Å². The number of carbonyl (C=O) groups is 1. The third-order valence-corrected chi connectivity index (χ3v) is 5.20. The van der Waals surface area contributed by atoms with E-state index in [1.165, 1.54) is 0 Å². The average Bonchev–Trinajstić information content (AvgIpc) is 2.92. The molecule has 8 heteroatoms. The highest BCUT2D eigenvalue weighted by Crippen LogP contribution is 2.49. The van der Waals surface area contributed by atoms with Crippen molar-refractivity contribution in [3.05, 3.63) is 54.9 Å². The third kappa shape index (κ3) is 2.57. The SMILES string of the molecule is CC1(C)CC(=O)C2=C(C1)OC(N)=C([N+](=O)[O-])[C@@H]2c1ccc(C#N)s1. The number of hydrogen-bond acceptors (Lipinski definition) is 7. The van der Waals surface area contributed by atoms with Gasteiger partial charge in [0.25, 0.3) is 5.88 Å². The second-order valence-electron chi connectivity index (χ2n) is 6.63. The molecule has 24 heavy (non-hydrogen) atoms. The number of nitro groups is 1. The standard InChI is InChI=1S/C16H15N3O4S/c1-16(2)5-9(20)12-10(6-16)23-15(18)14(19(21)22)13(12)11-4-3-8(7-17)24-11/h3-4,13H,5-6,18H2,1-2H3/t13-/m1/s1. The van der Waals surface area contributed by atoms with E-state index < -0.39 is 10.8 Å². The second kappa shape index (κ2) is 5.46. The summed E-state index contributed by atoms with van der Waals surface area (Å²) in [6.45, 7) is 3.88. The van der Waals surface area contributed by atoms with E-state index in [0.29, 0.717) is 27.5 Å². The van der Waals surface area contributed by atoms with E-state index in [2.05, 4.69) is 0 Å². The van der Waals surface area contributed by atoms with Crippen molar-refractivity contribution in [1.82, 2.24) is 0 Å². The van der Waals surface area contributed by atoms with Crippen molar-refractivity contribution in [1.29, 1.82) is 5.26 Å². The number of thiophene rings is 1. The summed E-state index contributed by atoms with van der Waals surface area (Å²) in [5.41, 5.74) is 5.46. The van der Waals surface area contributed by atoms with Gasteiger partial charge >= 0.3 is 5.70 Å². The number of hydrogen-bond donors (Lipinski definition) is 1. The molecule has 0 amide bonds. The Kier molecular flexibility index (Phi) is 3.68. The molecule has 2 aliphatic rings. The van der Waals surface area contributed by atoms with Crippen molar-refractivity contribution in [3.63, 3.8) is 0 Å². The van der Waals surface area contributed by atoms with Gasteiger partial charge in [-0.3, -0.25) is 14.9 Å². The number of nitrogens with two attached hydrogens (primary N) is 1. The molecule has 2 N–H and O–H groups in total. The van der Waals surface area contributed by atoms with Crippen molar-refractivity contribution >= 4 is 17.1 Å². The van der Waals surface area contributed by atoms with E-state index >= 15 is 0 Å². The minimum absolute atomic E-state index is 0.176. The molecule has 2 heterocycles. The maximum absolute atomic E-state index is 12.7. The maximum atomic E-state index is 12.7. The monoisotopic (exact) mass is 345 g/mol. The summed E-state index contributed by atoms with van der Waals surface area (Å²) in [5.74, 6) is -0.957. The fraction of sp³-hybridized carbons (Fsp3) is 0.375. The Bertz CT molecular complexity index is 857. The third-order valence-electron chi connectivity index (χ3n) is 4.14. The molecular weight excluding hydrogens is 330 g/mol. The summed E-state index contributed by atoms with van der Waals surface area (Å²) in [6.07, 6.45) is 0.764. The zero-order valence-electron chi connectivity index (χ0n) is 13.2. The Hall–Kier alpha value is -2.66. The molecule has 0 radical (unpaired) electrons. The average molecular weight is 345 g/mol. The number of ketones is 1. The highest BCUT2D eigenvalue weighted by molar-refractivity contribution is 7.12. The van der Waals surface area contributed by atoms with E-state index in [1.807, 2.05) is 19.9 Å². The minimum atomic E-state index is -0.889. The van der Waals surface area contributed by atoms with Gasteiger partial charge in [0, 0.05) is 17.7 Å². The minimum Gasteiger partial charge on any atom is -0.440 e. The molecule has 1 aromatic rings. The molecule has 7 nitrogen and oxygen atoms in total. The highest BCUT2D eigenvalue weighted by atomic mass is 32.1. The predicted molar refractivity (Wildman–Crippen MR) is 86.1 cm³/mol. The van der Waals surface area contributed by atoms with Gasteiger partial charge in [-0.2, -0.15) is 5.26 Å². The first-order valence-electron chi connectivity index (χ1n) is 7.31. The van der Waals surface area contributed by atoms with Crippen molar-refractivity contribution < 1.29 is 14.5 Å². The smallest absolute Gasteiger partial charge is 0.318 e. The number of rotatable bonds is 2. The maximum Gasteiger partial charge on any atom is 0.318 e. The topological polar surface area (TPSA) is 119 Å². The van der Waals surface area contributed by atoms with Crippen molar-refractivity contribution in [2.45, 2.75) is 32.6 Å². The molecule has 1 aromatic heterocycles. The zero-order chi connectivity index (χ0) is 17.6. The first-order valence-corrected chi connectivity index (χ1v) is 8.13. The van der Waals surface area contributed by atoms with Gasteiger partial charge in [0.2, 0.25) is 0 Å². The zero-order valence-corrected chi connectivity index (χ0v) is 14.0. The Morgan fingerprint density at radius 3 is 2.75 bits per heavy atom. The number of nitrogens with zero attached hydrogens (tertiary/aromatic N) is 2. The van der Waals surface area contributed by atoms with Crippen LogP contribution in [0.4, 0.5) is 0 Å². The summed E-state index contributed by atoms with van der Waals surface area (Å²) < 4.78 is 5.47. The number of Topliss-reactive ketones (excluding diaryl/α,β-unsaturated/α-hetero) is 1. The van der Waals surface area contributed by atoms with Gasteiger partial charge in [0.15, 0.2) is 5.78 Å². The van der Waals surface area contributed by atoms with Crippen molar-refractivity contribution in [2.75, 3.05) is 0 Å². The highest BCUT2D eigenvalue weighted by Gasteiger charge is 2.47. The molecule has 1 atom stereocenters. The quantitative estimate of drug-likeness (QED) is 0.650. The van der Waals surface area contributed by atoms with Crippen LogP contribution in [0.1, 0.15) is 42.4 Å². The van der Waals surface area contributed by atoms with Crippen LogP contribution in [0.25, 0.3) is 0 Å². The lowest BCUT2D eigenvalue weighted by Gasteiger charge is -2.35. The molecule has 0 saturated carbocycles. The van der Waals surface area contributed by atoms with Crippen molar-refractivity contribution in [3.8, 4) is 6.07 Å². The molecule has 1 aliphatic heterocycles. The molecular formula is C16H15N3O4S. The number of ether oxygens (including phenoxy) is 1. The number of carbonyl (C=O) groups excluding carboxylic acids is 1. The van der Waals surface area contributed by atoms with E-state index in [9.17, 15) is 14.9 Å². The van der Waals surface area contributed by atoms with Crippen LogP contribution in [-0.2, 0) is 9.53 Å². The first-order chi connectivity index (χ1) is 11.2. The van der Waals surface area contributed by atoms with Crippen LogP contribution in [0.2, 0.25) is 0 Å². The van der Waals surface area contributed by atoms with Crippen LogP contribution < -0.4 is 5.73 Å². The van der Waals surface area contributed by atoms with Gasteiger partial charge in [-0.25, -0.2) is 0 Å². The first kappa shape index (κ1) is 16.2. The summed E-state index contributed by atoms with van der Waals surface area (Å²) in [4.78, 5) is 24.6. The molecule has 3 rings (SSSR count). The van der Waals surface area contributed by atoms with Crippen LogP contribution in [0.15, 0.2) is 35.0 Å². The molecule has 0 spiro atoms. The lowest BCUT2D eigenvalue weighted by atomic mass is 9.72. The van der Waals surface area contributed by atoms with E-state index in [0.717, 1.165) is 11.3 Å². The molecule has 1 aliphatic carbocycles. The molecule has 124 valence electrons. The summed E-state index contributed by atoms with van der Waals surface area (Å²) in [5, 5.41) is 20.5. The number of allylic oxidation sites excluding steroid dienone is 2. The van der Waals surface area contributed by atoms with E-state index in [-0.39, 0.29) is 29.2 Å². The van der Waals surface area contributed by atoms with E-state index in [1.54, 1.807) is 12.1 Å². The summed E-state index contributed by atoms with van der Waals surface area (Å²) in [7, 11) is 0. The largest absolute Gasteiger partial charge is 0.440 e. The van der Waals surface area contributed by atoms with Crippen LogP contribution in [-0.4, -0.2) is 10.7 Å². The molecule has 0 fully saturated rings. The van der Waals surface area contributed by atoms with Gasteiger partial charge < -0.3 is 10.5 Å². The van der Waals surface area contributed by atoms with Gasteiger partial charge in [-0.15, -0.1) is 11.3 Å². The Balaban J connectivity index is 2.20. The van der Waals surface area contributed by atoms with Gasteiger partial charge in [-0.05, 0) is 17.5 Å². The van der Waals surface area contributed by atoms with E-state index in [4.69, 9.17) is 15.7 Å². The Morgan fingerprint density at radius 1 is 1.46 bits per heavy atom. The lowest BCUT2D eigenvalue weighted by Crippen LogP contribution is -2.35. The van der Waals surface area contributed by atoms with Crippen LogP contribution in [0.5, 0.6) is 0 Å². The summed E-state index contributed by atoms with van der Waals surface area (Å²) >= 11 is 1.12. The molecule has 0 saturated heterocycles.